The Labute approximate surface area is 199 Å². The fourth-order valence-electron chi connectivity index (χ4n) is 4.71. The quantitative estimate of drug-likeness (QED) is 0.489. The Morgan fingerprint density at radius 3 is 2.27 bits per heavy atom. The number of fused-ring (bicyclic) bond motifs is 1. The van der Waals surface area contributed by atoms with E-state index in [1.165, 1.54) is 24.0 Å². The zero-order valence-corrected chi connectivity index (χ0v) is 20.6. The summed E-state index contributed by atoms with van der Waals surface area (Å²) in [4.78, 5) is 26.9. The third-order valence-corrected chi connectivity index (χ3v) is 7.40. The lowest BCUT2D eigenvalue weighted by atomic mass is 9.81. The van der Waals surface area contributed by atoms with E-state index in [0.717, 1.165) is 22.4 Å². The summed E-state index contributed by atoms with van der Waals surface area (Å²) in [6, 6.07) is 17.8. The molecule has 2 aromatic carbocycles. The number of esters is 1. The summed E-state index contributed by atoms with van der Waals surface area (Å²) in [6.07, 6.45) is 1.49. The van der Waals surface area contributed by atoms with Gasteiger partial charge in [-0.25, -0.2) is 4.79 Å². The van der Waals surface area contributed by atoms with Crippen molar-refractivity contribution in [3.63, 3.8) is 0 Å². The molecular formula is C27H30N2O3S. The molecule has 0 radical (unpaired) electrons. The Balaban J connectivity index is 1.60. The van der Waals surface area contributed by atoms with E-state index >= 15 is 0 Å². The molecule has 0 atom stereocenters. The molecule has 0 spiro atoms. The minimum atomic E-state index is -0.422. The minimum Gasteiger partial charge on any atom is -0.465 e. The summed E-state index contributed by atoms with van der Waals surface area (Å²) in [5, 5.41) is 7.17. The molecule has 0 saturated heterocycles. The molecule has 0 unspecified atom stereocenters. The molecule has 1 aromatic heterocycles. The van der Waals surface area contributed by atoms with Crippen LogP contribution in [0.1, 0.15) is 70.0 Å². The number of rotatable bonds is 5. The number of carbonyl (C=O) groups excluding carboxylic acids is 2. The van der Waals surface area contributed by atoms with Crippen molar-refractivity contribution in [1.29, 1.82) is 0 Å². The molecule has 1 amide bonds. The molecular weight excluding hydrogens is 432 g/mol. The van der Waals surface area contributed by atoms with E-state index in [0.29, 0.717) is 22.5 Å². The summed E-state index contributed by atoms with van der Waals surface area (Å²) in [6.45, 7) is 8.43. The first-order chi connectivity index (χ1) is 15.6. The topological polar surface area (TPSA) is 67.4 Å². The van der Waals surface area contributed by atoms with E-state index in [9.17, 15) is 9.59 Å². The van der Waals surface area contributed by atoms with Crippen LogP contribution in [0.2, 0.25) is 0 Å². The van der Waals surface area contributed by atoms with E-state index in [2.05, 4.69) is 50.5 Å². The second-order valence-corrected chi connectivity index (χ2v) is 10.8. The Hall–Kier alpha value is -2.96. The summed E-state index contributed by atoms with van der Waals surface area (Å²) in [5.74, 6) is -0.662. The normalized spacial score (nSPS) is 16.0. The second kappa shape index (κ2) is 8.76. The monoisotopic (exact) mass is 462 g/mol. The molecule has 4 rings (SSSR count). The van der Waals surface area contributed by atoms with Crippen LogP contribution in [0.4, 0.5) is 5.00 Å². The van der Waals surface area contributed by atoms with Crippen molar-refractivity contribution in [2.45, 2.75) is 51.6 Å². The number of methoxy groups -OCH3 is 1. The number of ether oxygens (including phenoxy) is 1. The molecule has 0 aliphatic carbocycles. The van der Waals surface area contributed by atoms with Gasteiger partial charge in [0.1, 0.15) is 5.00 Å². The van der Waals surface area contributed by atoms with Gasteiger partial charge in [0.2, 0.25) is 0 Å². The van der Waals surface area contributed by atoms with E-state index in [-0.39, 0.29) is 17.0 Å². The predicted octanol–water partition coefficient (Wildman–Crippen LogP) is 5.54. The van der Waals surface area contributed by atoms with Gasteiger partial charge in [-0.05, 0) is 69.4 Å². The van der Waals surface area contributed by atoms with Gasteiger partial charge in [-0.15, -0.1) is 11.3 Å². The molecule has 3 aromatic rings. The molecule has 2 heterocycles. The van der Waals surface area contributed by atoms with Crippen molar-refractivity contribution < 1.29 is 14.3 Å². The number of hydrogen-bond acceptors (Lipinski definition) is 5. The number of nitrogens with one attached hydrogen (secondary N) is 2. The molecule has 0 bridgehead atoms. The zero-order chi connectivity index (χ0) is 23.8. The Morgan fingerprint density at radius 1 is 1.00 bits per heavy atom. The lowest BCUT2D eigenvalue weighted by Crippen LogP contribution is -2.55. The molecule has 0 fully saturated rings. The number of thiophene rings is 1. The van der Waals surface area contributed by atoms with Crippen molar-refractivity contribution in [1.82, 2.24) is 5.32 Å². The van der Waals surface area contributed by atoms with E-state index < -0.39 is 5.97 Å². The van der Waals surface area contributed by atoms with Crippen LogP contribution in [0.3, 0.4) is 0 Å². The third kappa shape index (κ3) is 4.87. The average Bonchev–Trinajstić information content (AvgIpc) is 3.11. The summed E-state index contributed by atoms with van der Waals surface area (Å²) >= 11 is 1.45. The Kier molecular flexibility index (Phi) is 6.16. The van der Waals surface area contributed by atoms with Gasteiger partial charge in [0, 0.05) is 21.5 Å². The number of benzene rings is 2. The van der Waals surface area contributed by atoms with Crippen LogP contribution in [0.15, 0.2) is 54.6 Å². The second-order valence-electron chi connectivity index (χ2n) is 9.73. The van der Waals surface area contributed by atoms with Crippen molar-refractivity contribution in [3.8, 4) is 0 Å². The molecule has 5 nitrogen and oxygen atoms in total. The van der Waals surface area contributed by atoms with Crippen LogP contribution in [-0.4, -0.2) is 24.5 Å². The zero-order valence-electron chi connectivity index (χ0n) is 19.7. The number of hydrogen-bond donors (Lipinski definition) is 2. The van der Waals surface area contributed by atoms with Gasteiger partial charge in [0.25, 0.3) is 5.91 Å². The molecule has 172 valence electrons. The van der Waals surface area contributed by atoms with Crippen LogP contribution in [0, 0.1) is 0 Å². The number of carbonyl (C=O) groups is 2. The SMILES string of the molecule is COC(=O)c1c(NC(=O)c2ccc(Cc3ccccc3)cc2)sc2c1CC(C)(C)NC2(C)C. The number of anilines is 1. The van der Waals surface area contributed by atoms with Gasteiger partial charge in [-0.3, -0.25) is 4.79 Å². The summed E-state index contributed by atoms with van der Waals surface area (Å²) in [5.41, 5.74) is 3.81. The maximum atomic E-state index is 13.1. The fourth-order valence-corrected chi connectivity index (χ4v) is 5.97. The van der Waals surface area contributed by atoms with E-state index in [1.807, 2.05) is 42.5 Å². The van der Waals surface area contributed by atoms with Crippen molar-refractivity contribution in [3.05, 3.63) is 87.3 Å². The van der Waals surface area contributed by atoms with Crippen molar-refractivity contribution in [2.24, 2.45) is 0 Å². The molecule has 6 heteroatoms. The largest absolute Gasteiger partial charge is 0.465 e. The average molecular weight is 463 g/mol. The third-order valence-electron chi connectivity index (χ3n) is 5.93. The highest BCUT2D eigenvalue weighted by atomic mass is 32.1. The predicted molar refractivity (Wildman–Crippen MR) is 133 cm³/mol. The molecule has 33 heavy (non-hydrogen) atoms. The van der Waals surface area contributed by atoms with Gasteiger partial charge >= 0.3 is 5.97 Å². The highest BCUT2D eigenvalue weighted by molar-refractivity contribution is 7.17. The minimum absolute atomic E-state index is 0.184. The highest BCUT2D eigenvalue weighted by Crippen LogP contribution is 2.45. The molecule has 1 aliphatic rings. The maximum absolute atomic E-state index is 13.1. The first-order valence-corrected chi connectivity index (χ1v) is 11.9. The van der Waals surface area contributed by atoms with Crippen LogP contribution in [-0.2, 0) is 23.1 Å². The van der Waals surface area contributed by atoms with Crippen molar-refractivity contribution >= 4 is 28.2 Å². The first kappa shape index (κ1) is 23.2. The van der Waals surface area contributed by atoms with Crippen LogP contribution >= 0.6 is 11.3 Å². The van der Waals surface area contributed by atoms with E-state index in [4.69, 9.17) is 4.74 Å². The van der Waals surface area contributed by atoms with Gasteiger partial charge in [0.15, 0.2) is 0 Å². The van der Waals surface area contributed by atoms with Gasteiger partial charge in [0.05, 0.1) is 12.7 Å². The van der Waals surface area contributed by atoms with Gasteiger partial charge < -0.3 is 15.4 Å². The standard InChI is InChI=1S/C27H30N2O3S/c1-26(2)16-20-21(25(31)32-5)24(33-22(20)27(3,4)29-26)28-23(30)19-13-11-18(12-14-19)15-17-9-7-6-8-10-17/h6-14,29H,15-16H2,1-5H3,(H,28,30). The Bertz CT molecular complexity index is 1180. The Morgan fingerprint density at radius 2 is 1.64 bits per heavy atom. The lowest BCUT2D eigenvalue weighted by molar-refractivity contribution is 0.0600. The molecule has 2 N–H and O–H groups in total. The number of amides is 1. The van der Waals surface area contributed by atoms with E-state index in [1.54, 1.807) is 0 Å². The lowest BCUT2D eigenvalue weighted by Gasteiger charge is -2.42. The van der Waals surface area contributed by atoms with Gasteiger partial charge in [-0.2, -0.15) is 0 Å². The van der Waals surface area contributed by atoms with Gasteiger partial charge in [-0.1, -0.05) is 42.5 Å². The fraction of sp³-hybridized carbons (Fsp3) is 0.333. The summed E-state index contributed by atoms with van der Waals surface area (Å²) < 4.78 is 5.09. The van der Waals surface area contributed by atoms with Crippen LogP contribution in [0.25, 0.3) is 0 Å². The molecule has 0 saturated carbocycles. The van der Waals surface area contributed by atoms with Crippen LogP contribution in [0.5, 0.6) is 0 Å². The first-order valence-electron chi connectivity index (χ1n) is 11.1. The summed E-state index contributed by atoms with van der Waals surface area (Å²) in [7, 11) is 1.38. The smallest absolute Gasteiger partial charge is 0.341 e. The maximum Gasteiger partial charge on any atom is 0.341 e. The molecule has 1 aliphatic heterocycles. The highest BCUT2D eigenvalue weighted by Gasteiger charge is 2.42. The van der Waals surface area contributed by atoms with Crippen LogP contribution < -0.4 is 10.6 Å². The van der Waals surface area contributed by atoms with Crippen molar-refractivity contribution in [2.75, 3.05) is 12.4 Å².